The second-order valence-electron chi connectivity index (χ2n) is 3.91. The Morgan fingerprint density at radius 1 is 1.24 bits per heavy atom. The molecule has 2 heteroatoms. The standard InChI is InChI=1S/C15H18O2/c1-5-12-9-11(3)10-13(6-2)14(12)7-8-15(16)17-4/h9-10H,5-6H2,1-4H3. The van der Waals surface area contributed by atoms with E-state index < -0.39 is 5.97 Å². The van der Waals surface area contributed by atoms with Gasteiger partial charge in [0.15, 0.2) is 0 Å². The molecular weight excluding hydrogens is 212 g/mol. The molecular formula is C15H18O2. The Morgan fingerprint density at radius 2 is 1.76 bits per heavy atom. The van der Waals surface area contributed by atoms with Crippen LogP contribution < -0.4 is 0 Å². The first-order valence-electron chi connectivity index (χ1n) is 5.84. The number of ether oxygens (including phenoxy) is 1. The van der Waals surface area contributed by atoms with Gasteiger partial charge in [0.1, 0.15) is 0 Å². The van der Waals surface area contributed by atoms with Crippen LogP contribution >= 0.6 is 0 Å². The molecule has 0 spiro atoms. The van der Waals surface area contributed by atoms with Crippen LogP contribution in [0.5, 0.6) is 0 Å². The molecule has 0 aliphatic rings. The summed E-state index contributed by atoms with van der Waals surface area (Å²) in [7, 11) is 1.34. The van der Waals surface area contributed by atoms with Crippen molar-refractivity contribution in [2.45, 2.75) is 33.6 Å². The minimum atomic E-state index is -0.491. The lowest BCUT2D eigenvalue weighted by Gasteiger charge is -2.09. The Balaban J connectivity index is 3.27. The zero-order chi connectivity index (χ0) is 12.8. The predicted molar refractivity (Wildman–Crippen MR) is 68.8 cm³/mol. The second-order valence-corrected chi connectivity index (χ2v) is 3.91. The average Bonchev–Trinajstić information content (AvgIpc) is 2.35. The van der Waals surface area contributed by atoms with Gasteiger partial charge in [0.05, 0.1) is 7.11 Å². The van der Waals surface area contributed by atoms with E-state index in [0.29, 0.717) is 0 Å². The lowest BCUT2D eigenvalue weighted by Crippen LogP contribution is -1.99. The van der Waals surface area contributed by atoms with E-state index in [9.17, 15) is 4.79 Å². The number of carbonyl (C=O) groups excluding carboxylic acids is 1. The van der Waals surface area contributed by atoms with Gasteiger partial charge in [-0.3, -0.25) is 0 Å². The molecule has 0 atom stereocenters. The minimum absolute atomic E-state index is 0.491. The van der Waals surface area contributed by atoms with Crippen LogP contribution in [0.1, 0.15) is 36.1 Å². The van der Waals surface area contributed by atoms with E-state index in [4.69, 9.17) is 0 Å². The van der Waals surface area contributed by atoms with Crippen molar-refractivity contribution in [3.8, 4) is 11.8 Å². The molecule has 0 heterocycles. The quantitative estimate of drug-likeness (QED) is 0.576. The number of benzene rings is 1. The topological polar surface area (TPSA) is 26.3 Å². The number of hydrogen-bond acceptors (Lipinski definition) is 2. The van der Waals surface area contributed by atoms with Gasteiger partial charge in [-0.1, -0.05) is 37.5 Å². The smallest absolute Gasteiger partial charge is 0.384 e. The molecule has 17 heavy (non-hydrogen) atoms. The van der Waals surface area contributed by atoms with Gasteiger partial charge < -0.3 is 4.74 Å². The highest BCUT2D eigenvalue weighted by molar-refractivity contribution is 5.89. The van der Waals surface area contributed by atoms with Crippen LogP contribution in [0.2, 0.25) is 0 Å². The molecule has 0 aliphatic heterocycles. The molecule has 1 rings (SSSR count). The highest BCUT2D eigenvalue weighted by atomic mass is 16.5. The minimum Gasteiger partial charge on any atom is -0.459 e. The average molecular weight is 230 g/mol. The van der Waals surface area contributed by atoms with E-state index in [1.165, 1.54) is 23.8 Å². The summed E-state index contributed by atoms with van der Waals surface area (Å²) < 4.78 is 4.53. The van der Waals surface area contributed by atoms with E-state index in [2.05, 4.69) is 49.5 Å². The van der Waals surface area contributed by atoms with E-state index in [0.717, 1.165) is 18.4 Å². The molecule has 0 aliphatic carbocycles. The van der Waals surface area contributed by atoms with Crippen LogP contribution in [0.4, 0.5) is 0 Å². The molecule has 0 aromatic heterocycles. The van der Waals surface area contributed by atoms with Crippen molar-refractivity contribution in [3.05, 3.63) is 34.4 Å². The number of rotatable bonds is 2. The summed E-state index contributed by atoms with van der Waals surface area (Å²) in [5.74, 6) is 4.95. The lowest BCUT2D eigenvalue weighted by molar-refractivity contribution is -0.133. The number of hydrogen-bond donors (Lipinski definition) is 0. The lowest BCUT2D eigenvalue weighted by atomic mass is 9.95. The molecule has 0 saturated carbocycles. The largest absolute Gasteiger partial charge is 0.459 e. The molecule has 1 aromatic carbocycles. The van der Waals surface area contributed by atoms with Crippen molar-refractivity contribution >= 4 is 5.97 Å². The van der Waals surface area contributed by atoms with E-state index in [1.54, 1.807) is 0 Å². The Bertz CT molecular complexity index is 450. The van der Waals surface area contributed by atoms with Crippen LogP contribution in [0.3, 0.4) is 0 Å². The molecule has 90 valence electrons. The van der Waals surface area contributed by atoms with Crippen molar-refractivity contribution in [2.24, 2.45) is 0 Å². The molecule has 0 fully saturated rings. The van der Waals surface area contributed by atoms with E-state index in [-0.39, 0.29) is 0 Å². The molecule has 0 radical (unpaired) electrons. The van der Waals surface area contributed by atoms with Gasteiger partial charge in [0.25, 0.3) is 0 Å². The Kier molecular flexibility index (Phi) is 4.78. The third-order valence-electron chi connectivity index (χ3n) is 2.68. The van der Waals surface area contributed by atoms with Crippen LogP contribution in [0, 0.1) is 18.8 Å². The van der Waals surface area contributed by atoms with Crippen molar-refractivity contribution in [3.63, 3.8) is 0 Å². The fraction of sp³-hybridized carbons (Fsp3) is 0.400. The number of aryl methyl sites for hydroxylation is 3. The summed E-state index contributed by atoms with van der Waals surface area (Å²) in [6, 6.07) is 4.25. The van der Waals surface area contributed by atoms with Gasteiger partial charge in [-0.15, -0.1) is 0 Å². The molecule has 2 nitrogen and oxygen atoms in total. The maximum atomic E-state index is 11.1. The second kappa shape index (κ2) is 6.10. The SMILES string of the molecule is CCc1cc(C)cc(CC)c1C#CC(=O)OC. The van der Waals surface area contributed by atoms with Gasteiger partial charge in [-0.05, 0) is 30.9 Å². The Morgan fingerprint density at radius 3 is 2.18 bits per heavy atom. The summed E-state index contributed by atoms with van der Waals surface area (Å²) in [5, 5.41) is 0. The molecule has 0 unspecified atom stereocenters. The van der Waals surface area contributed by atoms with Crippen LogP contribution in [-0.2, 0) is 22.4 Å². The van der Waals surface area contributed by atoms with Gasteiger partial charge in [0.2, 0.25) is 0 Å². The summed E-state index contributed by atoms with van der Waals surface area (Å²) in [5.41, 5.74) is 4.60. The maximum Gasteiger partial charge on any atom is 0.384 e. The van der Waals surface area contributed by atoms with Crippen LogP contribution in [0.15, 0.2) is 12.1 Å². The Labute approximate surface area is 103 Å². The van der Waals surface area contributed by atoms with Gasteiger partial charge in [-0.25, -0.2) is 4.79 Å². The summed E-state index contributed by atoms with van der Waals surface area (Å²) >= 11 is 0. The zero-order valence-corrected chi connectivity index (χ0v) is 10.9. The zero-order valence-electron chi connectivity index (χ0n) is 10.9. The molecule has 0 bridgehead atoms. The van der Waals surface area contributed by atoms with E-state index in [1.807, 2.05) is 0 Å². The Hall–Kier alpha value is -1.75. The highest BCUT2D eigenvalue weighted by Crippen LogP contribution is 2.18. The summed E-state index contributed by atoms with van der Waals surface area (Å²) in [6.45, 7) is 6.27. The first-order valence-corrected chi connectivity index (χ1v) is 5.84. The summed E-state index contributed by atoms with van der Waals surface area (Å²) in [4.78, 5) is 11.1. The normalized spacial score (nSPS) is 9.41. The van der Waals surface area contributed by atoms with Crippen molar-refractivity contribution in [2.75, 3.05) is 7.11 Å². The maximum absolute atomic E-state index is 11.1. The van der Waals surface area contributed by atoms with Gasteiger partial charge in [-0.2, -0.15) is 0 Å². The van der Waals surface area contributed by atoms with Crippen molar-refractivity contribution in [1.29, 1.82) is 0 Å². The first-order chi connectivity index (χ1) is 8.12. The van der Waals surface area contributed by atoms with Crippen LogP contribution in [0.25, 0.3) is 0 Å². The van der Waals surface area contributed by atoms with Crippen LogP contribution in [-0.4, -0.2) is 13.1 Å². The molecule has 1 aromatic rings. The van der Waals surface area contributed by atoms with Gasteiger partial charge >= 0.3 is 5.97 Å². The first kappa shape index (κ1) is 13.3. The van der Waals surface area contributed by atoms with Crippen molar-refractivity contribution in [1.82, 2.24) is 0 Å². The third-order valence-corrected chi connectivity index (χ3v) is 2.68. The molecule has 0 saturated heterocycles. The number of carbonyl (C=O) groups is 1. The molecule has 0 amide bonds. The third kappa shape index (κ3) is 3.35. The number of esters is 1. The highest BCUT2D eigenvalue weighted by Gasteiger charge is 2.05. The molecule has 0 N–H and O–H groups in total. The van der Waals surface area contributed by atoms with Gasteiger partial charge in [0, 0.05) is 11.5 Å². The predicted octanol–water partition coefficient (Wildman–Crippen LogP) is 2.64. The summed E-state index contributed by atoms with van der Waals surface area (Å²) in [6.07, 6.45) is 1.83. The monoisotopic (exact) mass is 230 g/mol. The fourth-order valence-corrected chi connectivity index (χ4v) is 1.82. The van der Waals surface area contributed by atoms with Crippen molar-refractivity contribution < 1.29 is 9.53 Å². The fourth-order valence-electron chi connectivity index (χ4n) is 1.82. The van der Waals surface area contributed by atoms with E-state index >= 15 is 0 Å². The number of methoxy groups -OCH3 is 1.